The molecule has 0 aliphatic heterocycles. The zero-order chi connectivity index (χ0) is 13.5. The van der Waals surface area contributed by atoms with E-state index in [9.17, 15) is 0 Å². The van der Waals surface area contributed by atoms with Gasteiger partial charge >= 0.3 is 0 Å². The number of hydrogen-bond donors (Lipinski definition) is 0. The fourth-order valence-corrected chi connectivity index (χ4v) is 4.22. The first-order chi connectivity index (χ1) is 9.88. The van der Waals surface area contributed by atoms with E-state index < -0.39 is 0 Å². The van der Waals surface area contributed by atoms with Crippen LogP contribution in [0.15, 0.2) is 42.5 Å². The van der Waals surface area contributed by atoms with Gasteiger partial charge in [-0.25, -0.2) is 0 Å². The highest BCUT2D eigenvalue weighted by Gasteiger charge is 2.35. The first-order valence-corrected chi connectivity index (χ1v) is 7.62. The Hall–Kier alpha value is -1.76. The number of methoxy groups -OCH3 is 1. The molecule has 0 saturated heterocycles. The molecule has 1 heteroatoms. The summed E-state index contributed by atoms with van der Waals surface area (Å²) in [6.07, 6.45) is 5.05. The molecular formula is C19H20O. The van der Waals surface area contributed by atoms with Crippen LogP contribution in [-0.4, -0.2) is 7.11 Å². The van der Waals surface area contributed by atoms with Crippen molar-refractivity contribution in [2.45, 2.75) is 31.6 Å². The molecule has 0 amide bonds. The van der Waals surface area contributed by atoms with Crippen molar-refractivity contribution < 1.29 is 4.74 Å². The molecule has 4 rings (SSSR count). The second-order valence-electron chi connectivity index (χ2n) is 6.04. The van der Waals surface area contributed by atoms with E-state index in [0.29, 0.717) is 5.92 Å². The van der Waals surface area contributed by atoms with Gasteiger partial charge in [0.2, 0.25) is 0 Å². The topological polar surface area (TPSA) is 9.23 Å². The third-order valence-electron chi connectivity index (χ3n) is 5.14. The Kier molecular flexibility index (Phi) is 2.80. The van der Waals surface area contributed by atoms with Gasteiger partial charge in [-0.05, 0) is 59.9 Å². The van der Waals surface area contributed by atoms with Crippen molar-refractivity contribution in [2.75, 3.05) is 7.11 Å². The molecule has 0 N–H and O–H groups in total. The van der Waals surface area contributed by atoms with Gasteiger partial charge in [-0.1, -0.05) is 36.4 Å². The summed E-state index contributed by atoms with van der Waals surface area (Å²) in [5.74, 6) is 2.47. The predicted molar refractivity (Wildman–Crippen MR) is 81.4 cm³/mol. The largest absolute Gasteiger partial charge is 0.496 e. The van der Waals surface area contributed by atoms with Crippen LogP contribution >= 0.6 is 0 Å². The number of rotatable bonds is 1. The summed E-state index contributed by atoms with van der Waals surface area (Å²) >= 11 is 0. The first-order valence-electron chi connectivity index (χ1n) is 7.62. The van der Waals surface area contributed by atoms with Gasteiger partial charge in [0.1, 0.15) is 5.75 Å². The van der Waals surface area contributed by atoms with Gasteiger partial charge in [-0.3, -0.25) is 0 Å². The molecule has 0 fully saturated rings. The van der Waals surface area contributed by atoms with Gasteiger partial charge in [-0.15, -0.1) is 0 Å². The molecule has 1 nitrogen and oxygen atoms in total. The molecule has 2 aliphatic carbocycles. The Bertz CT molecular complexity index is 644. The first kappa shape index (κ1) is 12.0. The van der Waals surface area contributed by atoms with Crippen LogP contribution in [0.5, 0.6) is 5.75 Å². The average Bonchev–Trinajstić information content (AvgIpc) is 2.53. The van der Waals surface area contributed by atoms with Crippen LogP contribution in [0.2, 0.25) is 0 Å². The van der Waals surface area contributed by atoms with Crippen LogP contribution in [0.1, 0.15) is 41.0 Å². The Balaban J connectivity index is 1.90. The highest BCUT2D eigenvalue weighted by Crippen LogP contribution is 2.48. The van der Waals surface area contributed by atoms with Gasteiger partial charge < -0.3 is 4.74 Å². The van der Waals surface area contributed by atoms with Gasteiger partial charge in [0.25, 0.3) is 0 Å². The normalized spacial score (nSPS) is 23.4. The predicted octanol–water partition coefficient (Wildman–Crippen LogP) is 4.34. The lowest BCUT2D eigenvalue weighted by Crippen LogP contribution is -2.27. The smallest absolute Gasteiger partial charge is 0.122 e. The number of fused-ring (bicyclic) bond motifs is 5. The number of ether oxygens (including phenoxy) is 1. The molecule has 0 bridgehead atoms. The minimum absolute atomic E-state index is 0.582. The summed E-state index contributed by atoms with van der Waals surface area (Å²) in [5, 5.41) is 0. The Morgan fingerprint density at radius 1 is 0.900 bits per heavy atom. The van der Waals surface area contributed by atoms with Crippen LogP contribution in [0, 0.1) is 5.92 Å². The maximum absolute atomic E-state index is 5.58. The fourth-order valence-electron chi connectivity index (χ4n) is 4.22. The molecular weight excluding hydrogens is 244 g/mol. The lowest BCUT2D eigenvalue weighted by Gasteiger charge is -2.39. The molecule has 2 aromatic rings. The standard InChI is InChI=1S/C19H20O/c1-20-18-8-4-7-17-16(18)12-11-14-10-9-13-5-2-3-6-15(13)19(14)17/h2-8,14,19H,9-12H2,1H3/t14-,19+/m1/s1. The van der Waals surface area contributed by atoms with Crippen LogP contribution in [0.25, 0.3) is 0 Å². The molecule has 0 unspecified atom stereocenters. The van der Waals surface area contributed by atoms with Crippen LogP contribution in [0.4, 0.5) is 0 Å². The average molecular weight is 264 g/mol. The molecule has 0 radical (unpaired) electrons. The Labute approximate surface area is 120 Å². The molecule has 2 aromatic carbocycles. The Morgan fingerprint density at radius 2 is 1.70 bits per heavy atom. The summed E-state index contributed by atoms with van der Waals surface area (Å²) in [6.45, 7) is 0. The molecule has 102 valence electrons. The van der Waals surface area contributed by atoms with Crippen molar-refractivity contribution in [3.05, 3.63) is 64.7 Å². The van der Waals surface area contributed by atoms with E-state index in [4.69, 9.17) is 4.74 Å². The SMILES string of the molecule is COc1cccc2c1CC[C@H]1CCc3ccccc3[C@@H]21. The van der Waals surface area contributed by atoms with Gasteiger partial charge in [0.05, 0.1) is 7.11 Å². The number of aryl methyl sites for hydroxylation is 1. The molecule has 20 heavy (non-hydrogen) atoms. The summed E-state index contributed by atoms with van der Waals surface area (Å²) in [6, 6.07) is 15.6. The molecule has 0 spiro atoms. The van der Waals surface area contributed by atoms with Gasteiger partial charge in [-0.2, -0.15) is 0 Å². The zero-order valence-corrected chi connectivity index (χ0v) is 11.9. The van der Waals surface area contributed by atoms with Crippen LogP contribution in [-0.2, 0) is 12.8 Å². The van der Waals surface area contributed by atoms with E-state index in [1.807, 2.05) is 0 Å². The highest BCUT2D eigenvalue weighted by molar-refractivity contribution is 5.50. The number of benzene rings is 2. The van der Waals surface area contributed by atoms with Crippen molar-refractivity contribution >= 4 is 0 Å². The van der Waals surface area contributed by atoms with Crippen LogP contribution in [0.3, 0.4) is 0 Å². The second-order valence-corrected chi connectivity index (χ2v) is 6.04. The van der Waals surface area contributed by atoms with E-state index >= 15 is 0 Å². The highest BCUT2D eigenvalue weighted by atomic mass is 16.5. The lowest BCUT2D eigenvalue weighted by atomic mass is 9.65. The van der Waals surface area contributed by atoms with Gasteiger partial charge in [0, 0.05) is 5.92 Å². The quantitative estimate of drug-likeness (QED) is 0.744. The monoisotopic (exact) mass is 264 g/mol. The minimum Gasteiger partial charge on any atom is -0.496 e. The van der Waals surface area contributed by atoms with E-state index in [1.165, 1.54) is 36.8 Å². The summed E-state index contributed by atoms with van der Waals surface area (Å²) in [5.41, 5.74) is 6.04. The molecule has 2 aliphatic rings. The van der Waals surface area contributed by atoms with E-state index in [2.05, 4.69) is 42.5 Å². The van der Waals surface area contributed by atoms with Gasteiger partial charge in [0.15, 0.2) is 0 Å². The van der Waals surface area contributed by atoms with Crippen molar-refractivity contribution in [3.8, 4) is 5.75 Å². The molecule has 0 saturated carbocycles. The van der Waals surface area contributed by atoms with E-state index in [1.54, 1.807) is 18.2 Å². The third-order valence-corrected chi connectivity index (χ3v) is 5.14. The molecule has 0 heterocycles. The van der Waals surface area contributed by atoms with E-state index in [-0.39, 0.29) is 0 Å². The van der Waals surface area contributed by atoms with Crippen molar-refractivity contribution in [3.63, 3.8) is 0 Å². The van der Waals surface area contributed by atoms with Crippen molar-refractivity contribution in [2.24, 2.45) is 5.92 Å². The lowest BCUT2D eigenvalue weighted by molar-refractivity contribution is 0.350. The van der Waals surface area contributed by atoms with Crippen molar-refractivity contribution in [1.82, 2.24) is 0 Å². The zero-order valence-electron chi connectivity index (χ0n) is 11.9. The minimum atomic E-state index is 0.582. The van der Waals surface area contributed by atoms with E-state index in [0.717, 1.165) is 11.7 Å². The Morgan fingerprint density at radius 3 is 2.60 bits per heavy atom. The maximum Gasteiger partial charge on any atom is 0.122 e. The third kappa shape index (κ3) is 1.69. The maximum atomic E-state index is 5.58. The van der Waals surface area contributed by atoms with Crippen molar-refractivity contribution in [1.29, 1.82) is 0 Å². The van der Waals surface area contributed by atoms with Crippen LogP contribution < -0.4 is 4.74 Å². The molecule has 0 aromatic heterocycles. The molecule has 2 atom stereocenters. The summed E-state index contributed by atoms with van der Waals surface area (Å²) in [7, 11) is 1.79. The fraction of sp³-hybridized carbons (Fsp3) is 0.368. The summed E-state index contributed by atoms with van der Waals surface area (Å²) < 4.78 is 5.58. The summed E-state index contributed by atoms with van der Waals surface area (Å²) in [4.78, 5) is 0. The number of hydrogen-bond acceptors (Lipinski definition) is 1. The second kappa shape index (κ2) is 4.66.